The summed E-state index contributed by atoms with van der Waals surface area (Å²) in [6, 6.07) is 52.8. The monoisotopic (exact) mass is 629 g/mol. The molecule has 5 heterocycles. The molecule has 232 valence electrons. The van der Waals surface area contributed by atoms with Crippen molar-refractivity contribution in [2.75, 3.05) is 4.90 Å². The normalized spacial score (nSPS) is 11.9. The molecule has 9 rings (SSSR count). The van der Waals surface area contributed by atoms with Gasteiger partial charge in [-0.2, -0.15) is 0 Å². The molecule has 0 spiro atoms. The van der Waals surface area contributed by atoms with Gasteiger partial charge in [0.2, 0.25) is 0 Å². The lowest BCUT2D eigenvalue weighted by Gasteiger charge is -2.26. The predicted octanol–water partition coefficient (Wildman–Crippen LogP) is 11.5. The van der Waals surface area contributed by atoms with Gasteiger partial charge in [0.25, 0.3) is 0 Å². The molecule has 8 bridgehead atoms. The number of rotatable bonds is 5. The number of anilines is 3. The molecule has 2 N–H and O–H groups in total. The highest BCUT2D eigenvalue weighted by Crippen LogP contribution is 2.48. The maximum atomic E-state index is 5.22. The summed E-state index contributed by atoms with van der Waals surface area (Å²) < 4.78 is 0. The SMILES string of the molecule is C1=Cc2cc3[nH]c(c(-c4ccccc4)c4nc(cc5ccc(cc1n2)[nH]5)C=C4)c(-c1ccccc1)c3N(c1ccccc1)c1ccccc1. The molecule has 2 aliphatic rings. The Hall–Kier alpha value is -6.72. The van der Waals surface area contributed by atoms with Gasteiger partial charge in [-0.3, -0.25) is 0 Å². The van der Waals surface area contributed by atoms with E-state index in [0.717, 1.165) is 84.2 Å². The number of aromatic amines is 2. The van der Waals surface area contributed by atoms with Crippen molar-refractivity contribution in [3.8, 4) is 22.3 Å². The third-order valence-electron chi connectivity index (χ3n) is 8.86. The van der Waals surface area contributed by atoms with Gasteiger partial charge in [0.05, 0.1) is 39.5 Å². The molecule has 4 aromatic carbocycles. The summed E-state index contributed by atoms with van der Waals surface area (Å²) in [5, 5.41) is 0. The van der Waals surface area contributed by atoms with Gasteiger partial charge in [-0.1, -0.05) is 97.1 Å². The van der Waals surface area contributed by atoms with E-state index in [2.05, 4.69) is 191 Å². The second kappa shape index (κ2) is 12.1. The fourth-order valence-corrected chi connectivity index (χ4v) is 6.72. The van der Waals surface area contributed by atoms with Crippen molar-refractivity contribution < 1.29 is 0 Å². The van der Waals surface area contributed by atoms with Crippen molar-refractivity contribution in [3.05, 3.63) is 174 Å². The number of hydrogen-bond donors (Lipinski definition) is 2. The van der Waals surface area contributed by atoms with Crippen LogP contribution in [0.3, 0.4) is 0 Å². The molecule has 7 aromatic rings. The summed E-state index contributed by atoms with van der Waals surface area (Å²) in [6.07, 6.45) is 8.35. The molecule has 0 saturated heterocycles. The Balaban J connectivity index is 1.52. The number of nitrogens with one attached hydrogen (secondary N) is 2. The zero-order chi connectivity index (χ0) is 32.6. The summed E-state index contributed by atoms with van der Waals surface area (Å²) in [7, 11) is 0. The lowest BCUT2D eigenvalue weighted by molar-refractivity contribution is 1.29. The Morgan fingerprint density at radius 2 is 0.918 bits per heavy atom. The molecular formula is C44H31N5. The lowest BCUT2D eigenvalue weighted by Crippen LogP contribution is -2.10. The molecule has 0 atom stereocenters. The minimum Gasteiger partial charge on any atom is -0.355 e. The Bertz CT molecular complexity index is 2490. The van der Waals surface area contributed by atoms with E-state index < -0.39 is 0 Å². The van der Waals surface area contributed by atoms with Gasteiger partial charge in [0, 0.05) is 33.5 Å². The molecule has 5 nitrogen and oxygen atoms in total. The van der Waals surface area contributed by atoms with Crippen LogP contribution in [0.4, 0.5) is 17.1 Å². The maximum absolute atomic E-state index is 5.22. The van der Waals surface area contributed by atoms with Crippen molar-refractivity contribution in [1.29, 1.82) is 0 Å². The standard InChI is InChI=1S/C44H31N5/c1-5-13-30(14-6-1)41-39-26-25-35(47-39)28-34-22-21-32(45-34)27-33-23-24-36(46-33)29-40-44(42(43(41)48-40)31-15-7-2-8-16-31)49(37-17-9-3-10-18-37)38-19-11-4-12-20-38/h1-29,45,48H. The van der Waals surface area contributed by atoms with Crippen LogP contribution in [-0.4, -0.2) is 19.9 Å². The molecule has 3 aromatic heterocycles. The van der Waals surface area contributed by atoms with Gasteiger partial charge < -0.3 is 14.9 Å². The number of para-hydroxylation sites is 2. The van der Waals surface area contributed by atoms with E-state index in [1.165, 1.54) is 0 Å². The van der Waals surface area contributed by atoms with E-state index in [0.29, 0.717) is 0 Å². The van der Waals surface area contributed by atoms with Gasteiger partial charge in [-0.15, -0.1) is 0 Å². The average molecular weight is 630 g/mol. The second-order valence-corrected chi connectivity index (χ2v) is 12.1. The summed E-state index contributed by atoms with van der Waals surface area (Å²) >= 11 is 0. The van der Waals surface area contributed by atoms with E-state index in [4.69, 9.17) is 9.97 Å². The molecule has 0 radical (unpaired) electrons. The van der Waals surface area contributed by atoms with Gasteiger partial charge in [-0.05, 0) is 90.0 Å². The van der Waals surface area contributed by atoms with Crippen molar-refractivity contribution in [3.63, 3.8) is 0 Å². The van der Waals surface area contributed by atoms with Crippen LogP contribution in [-0.2, 0) is 0 Å². The van der Waals surface area contributed by atoms with Gasteiger partial charge in [0.15, 0.2) is 0 Å². The third-order valence-corrected chi connectivity index (χ3v) is 8.86. The molecule has 0 unspecified atom stereocenters. The topological polar surface area (TPSA) is 60.6 Å². The molecule has 2 aliphatic heterocycles. The van der Waals surface area contributed by atoms with Crippen LogP contribution in [0.2, 0.25) is 0 Å². The Morgan fingerprint density at radius 1 is 0.429 bits per heavy atom. The highest BCUT2D eigenvalue weighted by molar-refractivity contribution is 6.10. The number of aromatic nitrogens is 4. The van der Waals surface area contributed by atoms with E-state index in [-0.39, 0.29) is 0 Å². The highest BCUT2D eigenvalue weighted by Gasteiger charge is 2.25. The first-order valence-corrected chi connectivity index (χ1v) is 16.4. The minimum atomic E-state index is 0.862. The van der Waals surface area contributed by atoms with E-state index in [1.54, 1.807) is 0 Å². The van der Waals surface area contributed by atoms with Gasteiger partial charge in [-0.25, -0.2) is 9.97 Å². The maximum Gasteiger partial charge on any atom is 0.0797 e. The highest BCUT2D eigenvalue weighted by atomic mass is 15.2. The molecule has 5 heteroatoms. The molecular weight excluding hydrogens is 599 g/mol. The Labute approximate surface area is 284 Å². The summed E-state index contributed by atoms with van der Waals surface area (Å²) in [5.41, 5.74) is 14.8. The number of benzene rings is 4. The predicted molar refractivity (Wildman–Crippen MR) is 204 cm³/mol. The number of H-pyrrole nitrogens is 2. The summed E-state index contributed by atoms with van der Waals surface area (Å²) in [4.78, 5) is 20.1. The van der Waals surface area contributed by atoms with E-state index in [1.807, 2.05) is 0 Å². The van der Waals surface area contributed by atoms with Gasteiger partial charge >= 0.3 is 0 Å². The first-order chi connectivity index (χ1) is 24.3. The fraction of sp³-hybridized carbons (Fsp3) is 0. The van der Waals surface area contributed by atoms with Crippen LogP contribution in [0.25, 0.3) is 68.6 Å². The zero-order valence-electron chi connectivity index (χ0n) is 26.6. The Morgan fingerprint density at radius 3 is 1.51 bits per heavy atom. The quantitative estimate of drug-likeness (QED) is 0.199. The van der Waals surface area contributed by atoms with Crippen LogP contribution in [0.15, 0.2) is 152 Å². The largest absolute Gasteiger partial charge is 0.355 e. The molecule has 0 aliphatic carbocycles. The van der Waals surface area contributed by atoms with E-state index in [9.17, 15) is 0 Å². The molecule has 49 heavy (non-hydrogen) atoms. The van der Waals surface area contributed by atoms with Crippen molar-refractivity contribution in [1.82, 2.24) is 19.9 Å². The Kier molecular flexibility index (Phi) is 7.06. The van der Waals surface area contributed by atoms with Crippen LogP contribution < -0.4 is 4.90 Å². The van der Waals surface area contributed by atoms with Crippen LogP contribution in [0.1, 0.15) is 22.8 Å². The van der Waals surface area contributed by atoms with Crippen molar-refractivity contribution in [2.24, 2.45) is 0 Å². The summed E-state index contributed by atoms with van der Waals surface area (Å²) in [5.74, 6) is 0. The van der Waals surface area contributed by atoms with Crippen LogP contribution in [0, 0.1) is 0 Å². The summed E-state index contributed by atoms with van der Waals surface area (Å²) in [6.45, 7) is 0. The fourth-order valence-electron chi connectivity index (χ4n) is 6.72. The third kappa shape index (κ3) is 5.43. The molecule has 0 saturated carbocycles. The van der Waals surface area contributed by atoms with Crippen molar-refractivity contribution in [2.45, 2.75) is 0 Å². The minimum absolute atomic E-state index is 0.862. The van der Waals surface area contributed by atoms with Crippen LogP contribution in [0.5, 0.6) is 0 Å². The molecule has 0 fully saturated rings. The lowest BCUT2D eigenvalue weighted by atomic mass is 9.97. The zero-order valence-corrected chi connectivity index (χ0v) is 26.6. The van der Waals surface area contributed by atoms with Gasteiger partial charge in [0.1, 0.15) is 0 Å². The van der Waals surface area contributed by atoms with Crippen LogP contribution >= 0.6 is 0 Å². The first-order valence-electron chi connectivity index (χ1n) is 16.4. The number of hydrogen-bond acceptors (Lipinski definition) is 3. The van der Waals surface area contributed by atoms with Crippen molar-refractivity contribution >= 4 is 63.4 Å². The number of fused-ring (bicyclic) bond motifs is 8. The smallest absolute Gasteiger partial charge is 0.0797 e. The van der Waals surface area contributed by atoms with E-state index >= 15 is 0 Å². The first kappa shape index (κ1) is 28.5. The molecule has 0 amide bonds. The average Bonchev–Trinajstić information content (AvgIpc) is 3.96. The number of nitrogens with zero attached hydrogens (tertiary/aromatic N) is 3. The second-order valence-electron chi connectivity index (χ2n) is 12.1.